The molecule has 0 heterocycles. The van der Waals surface area contributed by atoms with Crippen LogP contribution < -0.4 is 0 Å². The lowest BCUT2D eigenvalue weighted by Crippen LogP contribution is -1.88. The third kappa shape index (κ3) is 1.24. The molecule has 0 saturated carbocycles. The van der Waals surface area contributed by atoms with Gasteiger partial charge in [0.2, 0.25) is 0 Å². The molecule has 0 fully saturated rings. The topological polar surface area (TPSA) is 17.1 Å². The van der Waals surface area contributed by atoms with E-state index in [0.717, 1.165) is 17.4 Å². The normalized spacial score (nSPS) is 9.30. The second-order valence-corrected chi connectivity index (χ2v) is 2.07. The number of carbonyl (C=O) groups excluding carboxylic acids is 1. The molecule has 51 valence electrons. The summed E-state index contributed by atoms with van der Waals surface area (Å²) in [4.78, 5) is 10.4. The van der Waals surface area contributed by atoms with Crippen LogP contribution in [0.15, 0.2) is 24.3 Å². The summed E-state index contributed by atoms with van der Waals surface area (Å²) < 4.78 is 0. The third-order valence-electron chi connectivity index (χ3n) is 1.45. The lowest BCUT2D eigenvalue weighted by Gasteiger charge is -1.97. The molecule has 0 N–H and O–H groups in total. The molecule has 0 aliphatic rings. The average Bonchev–Trinajstić information content (AvgIpc) is 2.04. The SMILES string of the molecule is [CH2]Cc1ccccc1C=O. The van der Waals surface area contributed by atoms with Crippen LogP contribution in [0.3, 0.4) is 0 Å². The number of carbonyl (C=O) groups is 1. The molecule has 0 unspecified atom stereocenters. The van der Waals surface area contributed by atoms with Crippen LogP contribution in [0.4, 0.5) is 0 Å². The van der Waals surface area contributed by atoms with Crippen LogP contribution in [0.5, 0.6) is 0 Å². The zero-order chi connectivity index (χ0) is 7.40. The third-order valence-corrected chi connectivity index (χ3v) is 1.45. The Morgan fingerprint density at radius 2 is 2.10 bits per heavy atom. The van der Waals surface area contributed by atoms with Crippen molar-refractivity contribution >= 4 is 6.29 Å². The van der Waals surface area contributed by atoms with Crippen molar-refractivity contribution in [2.45, 2.75) is 6.42 Å². The first-order valence-corrected chi connectivity index (χ1v) is 3.21. The Balaban J connectivity index is 3.08. The number of rotatable bonds is 2. The Labute approximate surface area is 60.7 Å². The van der Waals surface area contributed by atoms with Crippen LogP contribution in [0.2, 0.25) is 0 Å². The molecule has 0 amide bonds. The molecule has 10 heavy (non-hydrogen) atoms. The zero-order valence-corrected chi connectivity index (χ0v) is 5.71. The summed E-state index contributed by atoms with van der Waals surface area (Å²) in [6, 6.07) is 7.47. The fraction of sp³-hybridized carbons (Fsp3) is 0.111. The first kappa shape index (κ1) is 7.00. The van der Waals surface area contributed by atoms with Gasteiger partial charge in [0.05, 0.1) is 0 Å². The first-order valence-electron chi connectivity index (χ1n) is 3.21. The fourth-order valence-corrected chi connectivity index (χ4v) is 0.877. The molecule has 1 aromatic rings. The number of aldehydes is 1. The summed E-state index contributed by atoms with van der Waals surface area (Å²) in [7, 11) is 0. The van der Waals surface area contributed by atoms with Gasteiger partial charge in [0.15, 0.2) is 0 Å². The highest BCUT2D eigenvalue weighted by Crippen LogP contribution is 2.05. The molecule has 0 aliphatic carbocycles. The van der Waals surface area contributed by atoms with Gasteiger partial charge in [0.25, 0.3) is 0 Å². The summed E-state index contributed by atoms with van der Waals surface area (Å²) in [6.45, 7) is 3.71. The van der Waals surface area contributed by atoms with E-state index in [-0.39, 0.29) is 0 Å². The van der Waals surface area contributed by atoms with Gasteiger partial charge >= 0.3 is 0 Å². The fourth-order valence-electron chi connectivity index (χ4n) is 0.877. The van der Waals surface area contributed by atoms with E-state index in [4.69, 9.17) is 0 Å². The Morgan fingerprint density at radius 3 is 2.60 bits per heavy atom. The Morgan fingerprint density at radius 1 is 1.40 bits per heavy atom. The van der Waals surface area contributed by atoms with Gasteiger partial charge in [-0.1, -0.05) is 24.3 Å². The molecule has 0 aliphatic heterocycles. The van der Waals surface area contributed by atoms with E-state index < -0.39 is 0 Å². The van der Waals surface area contributed by atoms with E-state index in [9.17, 15) is 4.79 Å². The van der Waals surface area contributed by atoms with Crippen molar-refractivity contribution in [3.8, 4) is 0 Å². The maximum absolute atomic E-state index is 10.4. The molecule has 0 bridgehead atoms. The molecule has 0 spiro atoms. The van der Waals surface area contributed by atoms with Crippen molar-refractivity contribution in [2.24, 2.45) is 0 Å². The largest absolute Gasteiger partial charge is 0.298 e. The van der Waals surface area contributed by atoms with Gasteiger partial charge in [-0.2, -0.15) is 0 Å². The number of hydrogen-bond acceptors (Lipinski definition) is 1. The van der Waals surface area contributed by atoms with Gasteiger partial charge in [-0.25, -0.2) is 0 Å². The first-order chi connectivity index (χ1) is 4.88. The van der Waals surface area contributed by atoms with Crippen molar-refractivity contribution in [1.82, 2.24) is 0 Å². The maximum Gasteiger partial charge on any atom is 0.150 e. The Bertz CT molecular complexity index is 228. The molecule has 1 radical (unpaired) electrons. The van der Waals surface area contributed by atoms with Crippen molar-refractivity contribution in [2.75, 3.05) is 0 Å². The minimum Gasteiger partial charge on any atom is -0.298 e. The van der Waals surface area contributed by atoms with Crippen LogP contribution in [0.1, 0.15) is 15.9 Å². The molecule has 0 atom stereocenters. The van der Waals surface area contributed by atoms with E-state index >= 15 is 0 Å². The molecule has 1 rings (SSSR count). The van der Waals surface area contributed by atoms with Gasteiger partial charge < -0.3 is 0 Å². The second kappa shape index (κ2) is 3.16. The van der Waals surface area contributed by atoms with Gasteiger partial charge in [0, 0.05) is 5.56 Å². The van der Waals surface area contributed by atoms with Crippen molar-refractivity contribution in [3.05, 3.63) is 42.3 Å². The minimum absolute atomic E-state index is 0.676. The van der Waals surface area contributed by atoms with Gasteiger partial charge in [0.1, 0.15) is 6.29 Å². The molecule has 0 saturated heterocycles. The van der Waals surface area contributed by atoms with Crippen molar-refractivity contribution in [3.63, 3.8) is 0 Å². The summed E-state index contributed by atoms with van der Waals surface area (Å²) in [5.74, 6) is 0. The van der Waals surface area contributed by atoms with Crippen molar-refractivity contribution < 1.29 is 4.79 Å². The highest BCUT2D eigenvalue weighted by molar-refractivity contribution is 5.77. The summed E-state index contributed by atoms with van der Waals surface area (Å²) in [6.07, 6.45) is 1.54. The van der Waals surface area contributed by atoms with Crippen molar-refractivity contribution in [1.29, 1.82) is 0 Å². The molecule has 1 aromatic carbocycles. The van der Waals surface area contributed by atoms with Gasteiger partial charge in [-0.15, -0.1) is 0 Å². The smallest absolute Gasteiger partial charge is 0.150 e. The predicted octanol–water partition coefficient (Wildman–Crippen LogP) is 1.88. The van der Waals surface area contributed by atoms with E-state index in [1.165, 1.54) is 0 Å². The van der Waals surface area contributed by atoms with Crippen LogP contribution in [-0.2, 0) is 6.42 Å². The standard InChI is InChI=1S/C9H9O/c1-2-8-5-3-4-6-9(8)7-10/h3-7H,1-2H2. The number of hydrogen-bond donors (Lipinski definition) is 0. The lowest BCUT2D eigenvalue weighted by atomic mass is 10.1. The molecular weight excluding hydrogens is 124 g/mol. The average molecular weight is 133 g/mol. The Hall–Kier alpha value is -1.11. The quantitative estimate of drug-likeness (QED) is 0.563. The summed E-state index contributed by atoms with van der Waals surface area (Å²) in [5.41, 5.74) is 1.76. The van der Waals surface area contributed by atoms with E-state index in [1.807, 2.05) is 18.2 Å². The molecular formula is C9H9O. The van der Waals surface area contributed by atoms with Crippen LogP contribution >= 0.6 is 0 Å². The molecule has 0 aromatic heterocycles. The predicted molar refractivity (Wildman–Crippen MR) is 40.9 cm³/mol. The van der Waals surface area contributed by atoms with E-state index in [2.05, 4.69) is 6.92 Å². The van der Waals surface area contributed by atoms with Crippen LogP contribution in [0.25, 0.3) is 0 Å². The number of benzene rings is 1. The minimum atomic E-state index is 0.676. The highest BCUT2D eigenvalue weighted by Gasteiger charge is 1.94. The second-order valence-electron chi connectivity index (χ2n) is 2.07. The van der Waals surface area contributed by atoms with E-state index in [0.29, 0.717) is 6.42 Å². The summed E-state index contributed by atoms with van der Waals surface area (Å²) >= 11 is 0. The summed E-state index contributed by atoms with van der Waals surface area (Å²) in [5, 5.41) is 0. The molecule has 1 nitrogen and oxygen atoms in total. The monoisotopic (exact) mass is 133 g/mol. The highest BCUT2D eigenvalue weighted by atomic mass is 16.1. The van der Waals surface area contributed by atoms with Crippen LogP contribution in [0, 0.1) is 6.92 Å². The van der Waals surface area contributed by atoms with E-state index in [1.54, 1.807) is 6.07 Å². The van der Waals surface area contributed by atoms with Crippen LogP contribution in [-0.4, -0.2) is 6.29 Å². The van der Waals surface area contributed by atoms with Gasteiger partial charge in [-0.3, -0.25) is 4.79 Å². The Kier molecular flexibility index (Phi) is 2.21. The molecule has 1 heteroatoms. The maximum atomic E-state index is 10.4. The zero-order valence-electron chi connectivity index (χ0n) is 5.71. The lowest BCUT2D eigenvalue weighted by molar-refractivity contribution is 0.112. The van der Waals surface area contributed by atoms with Gasteiger partial charge in [-0.05, 0) is 18.9 Å².